The van der Waals surface area contributed by atoms with Crippen LogP contribution in [0.2, 0.25) is 0 Å². The van der Waals surface area contributed by atoms with Crippen LogP contribution in [0.3, 0.4) is 0 Å². The van der Waals surface area contributed by atoms with E-state index >= 15 is 0 Å². The summed E-state index contributed by atoms with van der Waals surface area (Å²) in [4.78, 5) is 2.35. The van der Waals surface area contributed by atoms with E-state index in [0.717, 1.165) is 44.0 Å². The summed E-state index contributed by atoms with van der Waals surface area (Å²) in [6.45, 7) is 3.43. The summed E-state index contributed by atoms with van der Waals surface area (Å²) in [6.07, 6.45) is 3.35. The van der Waals surface area contributed by atoms with Crippen molar-refractivity contribution >= 4 is 0 Å². The zero-order valence-electron chi connectivity index (χ0n) is 19.5. The number of nitrogens with zero attached hydrogens (tertiary/aromatic N) is 1. The van der Waals surface area contributed by atoms with E-state index in [0.29, 0.717) is 6.61 Å². The molecule has 0 saturated carbocycles. The molecular weight excluding hydrogens is 396 g/mol. The Labute approximate surface area is 192 Å². The molecule has 4 rings (SSSR count). The minimum atomic E-state index is 0.553. The maximum absolute atomic E-state index is 6.39. The second-order valence-electron chi connectivity index (χ2n) is 8.56. The summed E-state index contributed by atoms with van der Waals surface area (Å²) in [5, 5.41) is 3.23. The van der Waals surface area contributed by atoms with Gasteiger partial charge in [-0.05, 0) is 67.2 Å². The largest absolute Gasteiger partial charge is 0.496 e. The van der Waals surface area contributed by atoms with Gasteiger partial charge >= 0.3 is 0 Å². The van der Waals surface area contributed by atoms with Crippen LogP contribution in [0.25, 0.3) is 11.1 Å². The molecular formula is C28H34N2O2. The van der Waals surface area contributed by atoms with Crippen LogP contribution >= 0.6 is 0 Å². The zero-order valence-corrected chi connectivity index (χ0v) is 19.5. The van der Waals surface area contributed by atoms with E-state index in [2.05, 4.69) is 71.9 Å². The van der Waals surface area contributed by atoms with Gasteiger partial charge in [-0.3, -0.25) is 0 Å². The first-order valence-electron chi connectivity index (χ1n) is 11.5. The van der Waals surface area contributed by atoms with E-state index in [1.165, 1.54) is 39.8 Å². The van der Waals surface area contributed by atoms with Crippen molar-refractivity contribution in [2.24, 2.45) is 0 Å². The van der Waals surface area contributed by atoms with Gasteiger partial charge in [0.1, 0.15) is 18.1 Å². The molecule has 3 aromatic rings. The van der Waals surface area contributed by atoms with Gasteiger partial charge in [0.2, 0.25) is 0 Å². The molecule has 0 fully saturated rings. The van der Waals surface area contributed by atoms with Crippen LogP contribution in [0.4, 0.5) is 0 Å². The van der Waals surface area contributed by atoms with E-state index in [1.807, 2.05) is 13.1 Å². The maximum Gasteiger partial charge on any atom is 0.127 e. The third-order valence-electron chi connectivity index (χ3n) is 6.26. The molecule has 0 heterocycles. The Morgan fingerprint density at radius 2 is 1.69 bits per heavy atom. The van der Waals surface area contributed by atoms with Crippen LogP contribution in [0.1, 0.15) is 28.7 Å². The lowest BCUT2D eigenvalue weighted by molar-refractivity contribution is 0.296. The second-order valence-corrected chi connectivity index (χ2v) is 8.56. The van der Waals surface area contributed by atoms with Gasteiger partial charge in [0.05, 0.1) is 7.11 Å². The van der Waals surface area contributed by atoms with Crippen LogP contribution in [-0.4, -0.2) is 39.2 Å². The number of rotatable bonds is 10. The van der Waals surface area contributed by atoms with E-state index in [1.54, 1.807) is 7.11 Å². The van der Waals surface area contributed by atoms with Crippen LogP contribution in [-0.2, 0) is 26.0 Å². The van der Waals surface area contributed by atoms with Crippen molar-refractivity contribution in [3.8, 4) is 22.6 Å². The normalized spacial score (nSPS) is 12.8. The Balaban J connectivity index is 1.54. The second kappa shape index (κ2) is 10.7. The Kier molecular flexibility index (Phi) is 7.46. The molecule has 0 radical (unpaired) electrons. The van der Waals surface area contributed by atoms with E-state index in [4.69, 9.17) is 9.47 Å². The molecule has 3 aromatic carbocycles. The van der Waals surface area contributed by atoms with E-state index in [-0.39, 0.29) is 0 Å². The molecule has 0 aliphatic heterocycles. The highest BCUT2D eigenvalue weighted by Gasteiger charge is 2.24. The van der Waals surface area contributed by atoms with Crippen molar-refractivity contribution in [3.05, 3.63) is 82.9 Å². The van der Waals surface area contributed by atoms with Crippen molar-refractivity contribution in [1.29, 1.82) is 0 Å². The molecule has 1 aliphatic carbocycles. The van der Waals surface area contributed by atoms with Gasteiger partial charge in [0, 0.05) is 31.3 Å². The first kappa shape index (κ1) is 22.4. The quantitative estimate of drug-likeness (QED) is 0.486. The van der Waals surface area contributed by atoms with Crippen LogP contribution in [0.5, 0.6) is 11.5 Å². The Morgan fingerprint density at radius 1 is 0.906 bits per heavy atom. The molecule has 0 spiro atoms. The fourth-order valence-corrected chi connectivity index (χ4v) is 4.56. The summed E-state index contributed by atoms with van der Waals surface area (Å²) in [5.41, 5.74) is 7.72. The summed E-state index contributed by atoms with van der Waals surface area (Å²) >= 11 is 0. The zero-order chi connectivity index (χ0) is 22.3. The van der Waals surface area contributed by atoms with Gasteiger partial charge in [-0.15, -0.1) is 0 Å². The van der Waals surface area contributed by atoms with Crippen LogP contribution in [0.15, 0.2) is 60.7 Å². The lowest BCUT2D eigenvalue weighted by Crippen LogP contribution is -2.27. The number of hydrogen-bond acceptors (Lipinski definition) is 4. The predicted molar refractivity (Wildman–Crippen MR) is 131 cm³/mol. The average molecular weight is 431 g/mol. The average Bonchev–Trinajstić information content (AvgIpc) is 3.33. The van der Waals surface area contributed by atoms with E-state index < -0.39 is 0 Å². The Hall–Kier alpha value is -2.82. The fraction of sp³-hybridized carbons (Fsp3) is 0.357. The molecule has 4 nitrogen and oxygen atoms in total. The minimum absolute atomic E-state index is 0.553. The number of methoxy groups -OCH3 is 1. The smallest absolute Gasteiger partial charge is 0.127 e. The molecule has 0 unspecified atom stereocenters. The van der Waals surface area contributed by atoms with E-state index in [9.17, 15) is 0 Å². The molecule has 0 atom stereocenters. The van der Waals surface area contributed by atoms with Crippen LogP contribution < -0.4 is 14.8 Å². The third-order valence-corrected chi connectivity index (χ3v) is 6.26. The van der Waals surface area contributed by atoms with Crippen molar-refractivity contribution in [2.75, 3.05) is 34.3 Å². The molecule has 0 aromatic heterocycles. The lowest BCUT2D eigenvalue weighted by atomic mass is 10.00. The first-order chi connectivity index (χ1) is 15.7. The fourth-order valence-electron chi connectivity index (χ4n) is 4.56. The van der Waals surface area contributed by atoms with Gasteiger partial charge in [0.25, 0.3) is 0 Å². The Morgan fingerprint density at radius 3 is 2.47 bits per heavy atom. The minimum Gasteiger partial charge on any atom is -0.496 e. The van der Waals surface area contributed by atoms with Crippen molar-refractivity contribution in [3.63, 3.8) is 0 Å². The highest BCUT2D eigenvalue weighted by molar-refractivity contribution is 5.64. The molecule has 1 N–H and O–H groups in total. The lowest BCUT2D eigenvalue weighted by Gasteiger charge is -2.22. The SMILES string of the molecule is CNCCN(C)Cc1c(OC)cc(OCc2cccc(-c3ccccc3)c2)c2c1CCC2. The number of ether oxygens (including phenoxy) is 2. The maximum atomic E-state index is 6.39. The summed E-state index contributed by atoms with van der Waals surface area (Å²) in [5.74, 6) is 1.91. The highest BCUT2D eigenvalue weighted by Crippen LogP contribution is 2.40. The first-order valence-corrected chi connectivity index (χ1v) is 11.5. The monoisotopic (exact) mass is 430 g/mol. The molecule has 0 amide bonds. The van der Waals surface area contributed by atoms with Crippen molar-refractivity contribution in [2.45, 2.75) is 32.4 Å². The summed E-state index contributed by atoms with van der Waals surface area (Å²) in [7, 11) is 5.93. The molecule has 4 heteroatoms. The summed E-state index contributed by atoms with van der Waals surface area (Å²) < 4.78 is 12.2. The molecule has 168 valence electrons. The van der Waals surface area contributed by atoms with Gasteiger partial charge < -0.3 is 19.7 Å². The molecule has 1 aliphatic rings. The van der Waals surface area contributed by atoms with Gasteiger partial charge in [-0.1, -0.05) is 48.5 Å². The van der Waals surface area contributed by atoms with Crippen LogP contribution in [0, 0.1) is 0 Å². The Bertz CT molecular complexity index is 1030. The standard InChI is InChI=1S/C28H34N2O2/c1-29-15-16-30(2)19-26-24-13-8-14-25(24)28(18-27(26)31-3)32-20-21-9-7-12-23(17-21)22-10-5-4-6-11-22/h4-7,9-12,17-18,29H,8,13-16,19-20H2,1-3H3. The molecule has 0 bridgehead atoms. The number of hydrogen-bond donors (Lipinski definition) is 1. The topological polar surface area (TPSA) is 33.7 Å². The van der Waals surface area contributed by atoms with Gasteiger partial charge in [0.15, 0.2) is 0 Å². The van der Waals surface area contributed by atoms with Gasteiger partial charge in [-0.2, -0.15) is 0 Å². The predicted octanol–water partition coefficient (Wildman–Crippen LogP) is 5.08. The highest BCUT2D eigenvalue weighted by atomic mass is 16.5. The number of benzene rings is 3. The summed E-state index contributed by atoms with van der Waals surface area (Å²) in [6, 6.07) is 21.2. The third kappa shape index (κ3) is 5.14. The van der Waals surface area contributed by atoms with Crippen molar-refractivity contribution < 1.29 is 9.47 Å². The van der Waals surface area contributed by atoms with Crippen molar-refractivity contribution in [1.82, 2.24) is 10.2 Å². The number of fused-ring (bicyclic) bond motifs is 1. The molecule has 32 heavy (non-hydrogen) atoms. The number of nitrogens with one attached hydrogen (secondary N) is 1. The number of likely N-dealkylation sites (N-methyl/N-ethyl adjacent to an activating group) is 2. The van der Waals surface area contributed by atoms with Gasteiger partial charge in [-0.25, -0.2) is 0 Å². The molecule has 0 saturated heterocycles.